The van der Waals surface area contributed by atoms with Crippen LogP contribution in [0.25, 0.3) is 0 Å². The predicted molar refractivity (Wildman–Crippen MR) is 99.7 cm³/mol. The summed E-state index contributed by atoms with van der Waals surface area (Å²) in [6.45, 7) is 6.82. The topological polar surface area (TPSA) is 49.4 Å². The molecule has 3 aliphatic rings. The first-order valence-corrected chi connectivity index (χ1v) is 9.21. The first-order valence-electron chi connectivity index (χ1n) is 9.21. The van der Waals surface area contributed by atoms with Gasteiger partial charge in [0.25, 0.3) is 0 Å². The van der Waals surface area contributed by atoms with Gasteiger partial charge in [0.05, 0.1) is 25.1 Å². The number of piperidine rings is 1. The van der Waals surface area contributed by atoms with Gasteiger partial charge in [0, 0.05) is 48.2 Å². The Morgan fingerprint density at radius 2 is 2.32 bits per heavy atom. The molecule has 1 aromatic heterocycles. The maximum Gasteiger partial charge on any atom is 0.0738 e. The van der Waals surface area contributed by atoms with Crippen molar-refractivity contribution in [1.29, 1.82) is 0 Å². The number of anilines is 3. The fraction of sp³-hybridized carbons (Fsp3) is 0.450. The lowest BCUT2D eigenvalue weighted by atomic mass is 9.89. The zero-order chi connectivity index (χ0) is 16.8. The molecule has 1 saturated heterocycles. The van der Waals surface area contributed by atoms with E-state index in [4.69, 9.17) is 4.74 Å². The van der Waals surface area contributed by atoms with Crippen LogP contribution in [0, 0.1) is 6.92 Å². The number of benzene rings is 1. The third kappa shape index (κ3) is 2.50. The summed E-state index contributed by atoms with van der Waals surface area (Å²) in [4.78, 5) is 6.87. The Balaban J connectivity index is 1.58. The van der Waals surface area contributed by atoms with E-state index in [-0.39, 0.29) is 0 Å². The first-order chi connectivity index (χ1) is 12.3. The van der Waals surface area contributed by atoms with Crippen molar-refractivity contribution in [3.05, 3.63) is 47.3 Å². The lowest BCUT2D eigenvalue weighted by molar-refractivity contribution is 0.130. The molecular weight excluding hydrogens is 312 g/mol. The van der Waals surface area contributed by atoms with Crippen molar-refractivity contribution in [3.63, 3.8) is 0 Å². The van der Waals surface area contributed by atoms with Gasteiger partial charge in [0.1, 0.15) is 0 Å². The zero-order valence-corrected chi connectivity index (χ0v) is 14.6. The van der Waals surface area contributed by atoms with E-state index >= 15 is 0 Å². The lowest BCUT2D eigenvalue weighted by Crippen LogP contribution is -2.44. The van der Waals surface area contributed by atoms with Gasteiger partial charge in [-0.25, -0.2) is 0 Å². The van der Waals surface area contributed by atoms with E-state index in [2.05, 4.69) is 39.6 Å². The molecule has 0 amide bonds. The van der Waals surface area contributed by atoms with Gasteiger partial charge in [0.2, 0.25) is 0 Å². The fourth-order valence-electron chi connectivity index (χ4n) is 4.61. The van der Waals surface area contributed by atoms with Gasteiger partial charge in [-0.3, -0.25) is 4.98 Å². The van der Waals surface area contributed by atoms with E-state index < -0.39 is 0 Å². The van der Waals surface area contributed by atoms with Gasteiger partial charge in [-0.1, -0.05) is 0 Å². The summed E-state index contributed by atoms with van der Waals surface area (Å²) in [6.07, 6.45) is 4.94. The molecule has 1 fully saturated rings. The van der Waals surface area contributed by atoms with E-state index in [0.717, 1.165) is 37.6 Å². The number of hydrogen-bond donors (Lipinski definition) is 2. The minimum atomic E-state index is 0.581. The SMILES string of the molecule is Cc1ccncc1Nc1cc2c3c(c1)[C@@H]1CNCC[C@@H]1N3CCOC2. The maximum atomic E-state index is 5.89. The molecule has 5 rings (SSSR count). The first kappa shape index (κ1) is 15.2. The molecule has 130 valence electrons. The van der Waals surface area contributed by atoms with Gasteiger partial charge < -0.3 is 20.3 Å². The minimum Gasteiger partial charge on any atom is -0.375 e. The van der Waals surface area contributed by atoms with Crippen molar-refractivity contribution in [2.45, 2.75) is 31.9 Å². The number of hydrogen-bond acceptors (Lipinski definition) is 5. The van der Waals surface area contributed by atoms with Crippen LogP contribution < -0.4 is 15.5 Å². The Labute approximate surface area is 148 Å². The highest BCUT2D eigenvalue weighted by atomic mass is 16.5. The van der Waals surface area contributed by atoms with E-state index in [1.165, 1.54) is 28.8 Å². The summed E-state index contributed by atoms with van der Waals surface area (Å²) >= 11 is 0. The van der Waals surface area contributed by atoms with Crippen LogP contribution in [0.15, 0.2) is 30.6 Å². The molecule has 0 bridgehead atoms. The third-order valence-electron chi connectivity index (χ3n) is 5.80. The quantitative estimate of drug-likeness (QED) is 0.883. The molecule has 4 heterocycles. The van der Waals surface area contributed by atoms with Crippen molar-refractivity contribution >= 4 is 17.1 Å². The van der Waals surface area contributed by atoms with Gasteiger partial charge in [-0.15, -0.1) is 0 Å². The summed E-state index contributed by atoms with van der Waals surface area (Å²) in [6, 6.07) is 7.26. The summed E-state index contributed by atoms with van der Waals surface area (Å²) in [5.74, 6) is 0.581. The molecule has 0 saturated carbocycles. The third-order valence-corrected chi connectivity index (χ3v) is 5.80. The van der Waals surface area contributed by atoms with Gasteiger partial charge in [0.15, 0.2) is 0 Å². The van der Waals surface area contributed by atoms with Crippen LogP contribution in [0.3, 0.4) is 0 Å². The number of pyridine rings is 1. The Morgan fingerprint density at radius 3 is 3.24 bits per heavy atom. The largest absolute Gasteiger partial charge is 0.375 e. The molecule has 2 N–H and O–H groups in total. The van der Waals surface area contributed by atoms with Crippen LogP contribution in [-0.4, -0.2) is 37.3 Å². The van der Waals surface area contributed by atoms with E-state index in [9.17, 15) is 0 Å². The summed E-state index contributed by atoms with van der Waals surface area (Å²) in [5.41, 5.74) is 7.64. The molecule has 3 aliphatic heterocycles. The van der Waals surface area contributed by atoms with Crippen molar-refractivity contribution in [2.24, 2.45) is 0 Å². The molecule has 1 aromatic carbocycles. The zero-order valence-electron chi connectivity index (χ0n) is 14.6. The number of fused-ring (bicyclic) bond motifs is 3. The molecule has 0 aliphatic carbocycles. The summed E-state index contributed by atoms with van der Waals surface area (Å²) < 4.78 is 5.89. The summed E-state index contributed by atoms with van der Waals surface area (Å²) in [5, 5.41) is 7.16. The van der Waals surface area contributed by atoms with Crippen LogP contribution in [0.5, 0.6) is 0 Å². The van der Waals surface area contributed by atoms with Gasteiger partial charge in [-0.05, 0) is 49.2 Å². The Bertz CT molecular complexity index is 806. The molecular formula is C20H24N4O. The fourth-order valence-corrected chi connectivity index (χ4v) is 4.61. The minimum absolute atomic E-state index is 0.581. The van der Waals surface area contributed by atoms with Gasteiger partial charge >= 0.3 is 0 Å². The standard InChI is InChI=1S/C20H24N4O/c1-13-2-4-22-11-18(13)23-15-8-14-12-25-7-6-24-19-3-5-21-10-17(19)16(9-15)20(14)24/h2,4,8-9,11,17,19,21,23H,3,5-7,10,12H2,1H3/t17-,19-/m0/s1. The Kier molecular flexibility index (Phi) is 3.64. The molecule has 5 nitrogen and oxygen atoms in total. The Hall–Kier alpha value is -2.11. The number of rotatable bonds is 2. The van der Waals surface area contributed by atoms with Gasteiger partial charge in [-0.2, -0.15) is 0 Å². The highest BCUT2D eigenvalue weighted by Gasteiger charge is 2.41. The van der Waals surface area contributed by atoms with Crippen LogP contribution in [0.2, 0.25) is 0 Å². The number of ether oxygens (including phenoxy) is 1. The van der Waals surface area contributed by atoms with Crippen LogP contribution in [-0.2, 0) is 11.3 Å². The second-order valence-corrected chi connectivity index (χ2v) is 7.30. The number of aromatic nitrogens is 1. The normalized spacial score (nSPS) is 24.4. The molecule has 5 heteroatoms. The second-order valence-electron chi connectivity index (χ2n) is 7.30. The van der Waals surface area contributed by atoms with E-state index in [1.54, 1.807) is 0 Å². The van der Waals surface area contributed by atoms with Crippen molar-refractivity contribution in [2.75, 3.05) is 36.5 Å². The average Bonchev–Trinajstić information content (AvgIpc) is 2.80. The number of nitrogens with zero attached hydrogens (tertiary/aromatic N) is 2. The van der Waals surface area contributed by atoms with Crippen molar-refractivity contribution in [3.8, 4) is 0 Å². The lowest BCUT2D eigenvalue weighted by Gasteiger charge is -2.33. The molecule has 2 aromatic rings. The molecule has 25 heavy (non-hydrogen) atoms. The van der Waals surface area contributed by atoms with Crippen LogP contribution in [0.1, 0.15) is 29.0 Å². The second kappa shape index (κ2) is 6.00. The molecule has 0 spiro atoms. The Morgan fingerprint density at radius 1 is 1.36 bits per heavy atom. The number of aryl methyl sites for hydroxylation is 1. The maximum absolute atomic E-state index is 5.89. The van der Waals surface area contributed by atoms with Crippen LogP contribution in [0.4, 0.5) is 17.1 Å². The smallest absolute Gasteiger partial charge is 0.0738 e. The molecule has 0 unspecified atom stereocenters. The monoisotopic (exact) mass is 336 g/mol. The number of nitrogens with one attached hydrogen (secondary N) is 2. The average molecular weight is 336 g/mol. The van der Waals surface area contributed by atoms with Crippen molar-refractivity contribution < 1.29 is 4.74 Å². The highest BCUT2D eigenvalue weighted by molar-refractivity contribution is 5.74. The van der Waals surface area contributed by atoms with Crippen molar-refractivity contribution in [1.82, 2.24) is 10.3 Å². The van der Waals surface area contributed by atoms with E-state index in [0.29, 0.717) is 18.6 Å². The molecule has 0 radical (unpaired) electrons. The summed E-state index contributed by atoms with van der Waals surface area (Å²) in [7, 11) is 0. The van der Waals surface area contributed by atoms with Crippen LogP contribution >= 0.6 is 0 Å². The molecule has 2 atom stereocenters. The highest BCUT2D eigenvalue weighted by Crippen LogP contribution is 2.47. The predicted octanol–water partition coefficient (Wildman–Crippen LogP) is 2.93. The van der Waals surface area contributed by atoms with E-state index in [1.807, 2.05) is 18.5 Å².